The van der Waals surface area contributed by atoms with Crippen LogP contribution in [-0.4, -0.2) is 21.1 Å². The molecule has 0 unspecified atom stereocenters. The number of hydrogen-bond donors (Lipinski definition) is 1. The van der Waals surface area contributed by atoms with E-state index in [0.29, 0.717) is 6.54 Å². The maximum atomic E-state index is 5.57. The Labute approximate surface area is 105 Å². The van der Waals surface area contributed by atoms with E-state index in [9.17, 15) is 0 Å². The van der Waals surface area contributed by atoms with Crippen LogP contribution in [0.2, 0.25) is 0 Å². The summed E-state index contributed by atoms with van der Waals surface area (Å²) in [5.41, 5.74) is 8.89. The van der Waals surface area contributed by atoms with Gasteiger partial charge in [-0.2, -0.15) is 0 Å². The average molecular weight is 240 g/mol. The Morgan fingerprint density at radius 3 is 2.89 bits per heavy atom. The van der Waals surface area contributed by atoms with Crippen molar-refractivity contribution in [2.24, 2.45) is 5.73 Å². The highest BCUT2D eigenvalue weighted by atomic mass is 15.2. The summed E-state index contributed by atoms with van der Waals surface area (Å²) in [5.74, 6) is 0.992. The maximum absolute atomic E-state index is 5.57. The summed E-state index contributed by atoms with van der Waals surface area (Å²) in [6, 6.07) is 10.4. The van der Waals surface area contributed by atoms with E-state index >= 15 is 0 Å². The zero-order chi connectivity index (χ0) is 12.5. The minimum Gasteiger partial charge on any atom is -0.330 e. The summed E-state index contributed by atoms with van der Waals surface area (Å²) in [6.45, 7) is 2.79. The molecule has 1 aromatic carbocycles. The summed E-state index contributed by atoms with van der Waals surface area (Å²) in [5, 5.41) is 9.79. The van der Waals surface area contributed by atoms with Crippen LogP contribution in [-0.2, 0) is 6.42 Å². The van der Waals surface area contributed by atoms with E-state index in [0.717, 1.165) is 24.3 Å². The molecule has 3 aromatic rings. The van der Waals surface area contributed by atoms with Crippen LogP contribution in [0.5, 0.6) is 0 Å². The lowest BCUT2D eigenvalue weighted by molar-refractivity contribution is 0.775. The Hall–Kier alpha value is -1.94. The number of aromatic nitrogens is 3. The lowest BCUT2D eigenvalue weighted by atomic mass is 10.1. The van der Waals surface area contributed by atoms with Gasteiger partial charge in [0, 0.05) is 11.8 Å². The molecule has 4 nitrogen and oxygen atoms in total. The highest BCUT2D eigenvalue weighted by molar-refractivity contribution is 5.85. The molecule has 0 spiro atoms. The molecule has 0 aliphatic carbocycles. The molecule has 0 aliphatic heterocycles. The van der Waals surface area contributed by atoms with E-state index in [-0.39, 0.29) is 0 Å². The van der Waals surface area contributed by atoms with Gasteiger partial charge in [-0.15, -0.1) is 10.2 Å². The van der Waals surface area contributed by atoms with Gasteiger partial charge in [-0.25, -0.2) is 0 Å². The molecule has 0 atom stereocenters. The molecule has 2 N–H and O–H groups in total. The monoisotopic (exact) mass is 240 g/mol. The molecule has 3 rings (SSSR count). The number of para-hydroxylation sites is 1. The van der Waals surface area contributed by atoms with Crippen LogP contribution in [0.1, 0.15) is 17.8 Å². The molecule has 0 fully saturated rings. The van der Waals surface area contributed by atoms with Crippen molar-refractivity contribution in [2.75, 3.05) is 6.54 Å². The zero-order valence-corrected chi connectivity index (χ0v) is 10.4. The standard InChI is InChI=1S/C14H16N4/c1-10-9-14-17-16-13(7-4-8-15)18(14)12-6-3-2-5-11(10)12/h2-3,5-6,9H,4,7-8,15H2,1H3. The van der Waals surface area contributed by atoms with Crippen LogP contribution in [0.4, 0.5) is 0 Å². The molecule has 0 saturated carbocycles. The summed E-state index contributed by atoms with van der Waals surface area (Å²) in [7, 11) is 0. The van der Waals surface area contributed by atoms with Crippen LogP contribution in [0.3, 0.4) is 0 Å². The summed E-state index contributed by atoms with van der Waals surface area (Å²) >= 11 is 0. The van der Waals surface area contributed by atoms with Gasteiger partial charge in [0.25, 0.3) is 0 Å². The predicted molar refractivity (Wildman–Crippen MR) is 72.6 cm³/mol. The van der Waals surface area contributed by atoms with Gasteiger partial charge >= 0.3 is 0 Å². The molecule has 0 amide bonds. The van der Waals surface area contributed by atoms with Crippen LogP contribution in [0.25, 0.3) is 16.6 Å². The SMILES string of the molecule is Cc1cc2nnc(CCCN)n2c2ccccc12. The van der Waals surface area contributed by atoms with Gasteiger partial charge in [0.1, 0.15) is 5.82 Å². The van der Waals surface area contributed by atoms with Gasteiger partial charge in [0.05, 0.1) is 5.52 Å². The first-order valence-corrected chi connectivity index (χ1v) is 6.23. The van der Waals surface area contributed by atoms with Crippen molar-refractivity contribution in [1.82, 2.24) is 14.6 Å². The second-order valence-electron chi connectivity index (χ2n) is 4.55. The van der Waals surface area contributed by atoms with Crippen LogP contribution in [0, 0.1) is 6.92 Å². The fraction of sp³-hybridized carbons (Fsp3) is 0.286. The fourth-order valence-electron chi connectivity index (χ4n) is 2.38. The van der Waals surface area contributed by atoms with Crippen LogP contribution >= 0.6 is 0 Å². The van der Waals surface area contributed by atoms with Gasteiger partial charge in [-0.3, -0.25) is 4.40 Å². The highest BCUT2D eigenvalue weighted by Crippen LogP contribution is 2.21. The van der Waals surface area contributed by atoms with Gasteiger partial charge in [-0.1, -0.05) is 18.2 Å². The second kappa shape index (κ2) is 4.38. The molecule has 4 heteroatoms. The minimum absolute atomic E-state index is 0.679. The third-order valence-corrected chi connectivity index (χ3v) is 3.28. The van der Waals surface area contributed by atoms with Gasteiger partial charge in [-0.05, 0) is 37.6 Å². The second-order valence-corrected chi connectivity index (χ2v) is 4.55. The molecule has 2 aromatic heterocycles. The van der Waals surface area contributed by atoms with Crippen molar-refractivity contribution < 1.29 is 0 Å². The molecular weight excluding hydrogens is 224 g/mol. The molecule has 18 heavy (non-hydrogen) atoms. The van der Waals surface area contributed by atoms with Crippen molar-refractivity contribution >= 4 is 16.6 Å². The zero-order valence-electron chi connectivity index (χ0n) is 10.4. The van der Waals surface area contributed by atoms with Crippen LogP contribution < -0.4 is 5.73 Å². The van der Waals surface area contributed by atoms with E-state index < -0.39 is 0 Å². The number of benzene rings is 1. The van der Waals surface area contributed by atoms with Crippen molar-refractivity contribution in [3.8, 4) is 0 Å². The molecular formula is C14H16N4. The quantitative estimate of drug-likeness (QED) is 0.762. The Morgan fingerprint density at radius 2 is 2.06 bits per heavy atom. The third kappa shape index (κ3) is 1.66. The van der Waals surface area contributed by atoms with Gasteiger partial charge in [0.15, 0.2) is 5.65 Å². The Morgan fingerprint density at radius 1 is 1.22 bits per heavy atom. The number of hydrogen-bond acceptors (Lipinski definition) is 3. The maximum Gasteiger partial charge on any atom is 0.161 e. The van der Waals surface area contributed by atoms with Crippen molar-refractivity contribution in [1.29, 1.82) is 0 Å². The largest absolute Gasteiger partial charge is 0.330 e. The van der Waals surface area contributed by atoms with Gasteiger partial charge in [0.2, 0.25) is 0 Å². The number of rotatable bonds is 3. The number of pyridine rings is 1. The molecule has 0 bridgehead atoms. The highest BCUT2D eigenvalue weighted by Gasteiger charge is 2.09. The van der Waals surface area contributed by atoms with Crippen LogP contribution in [0.15, 0.2) is 30.3 Å². The summed E-state index contributed by atoms with van der Waals surface area (Å²) in [4.78, 5) is 0. The molecule has 2 heterocycles. The molecule has 0 aliphatic rings. The van der Waals surface area contributed by atoms with Crippen molar-refractivity contribution in [3.05, 3.63) is 41.7 Å². The van der Waals surface area contributed by atoms with Crippen molar-refractivity contribution in [3.63, 3.8) is 0 Å². The Balaban J connectivity index is 2.32. The lowest BCUT2D eigenvalue weighted by Gasteiger charge is -2.07. The smallest absolute Gasteiger partial charge is 0.161 e. The first kappa shape index (κ1) is 11.2. The molecule has 0 radical (unpaired) electrons. The van der Waals surface area contributed by atoms with E-state index in [1.807, 2.05) is 6.07 Å². The lowest BCUT2D eigenvalue weighted by Crippen LogP contribution is -2.03. The number of fused-ring (bicyclic) bond motifs is 3. The third-order valence-electron chi connectivity index (χ3n) is 3.28. The van der Waals surface area contributed by atoms with E-state index in [2.05, 4.69) is 45.8 Å². The molecule has 92 valence electrons. The summed E-state index contributed by atoms with van der Waals surface area (Å²) < 4.78 is 2.14. The molecule has 0 saturated heterocycles. The van der Waals surface area contributed by atoms with E-state index in [1.54, 1.807) is 0 Å². The number of nitrogens with two attached hydrogens (primary N) is 1. The fourth-order valence-corrected chi connectivity index (χ4v) is 2.38. The first-order chi connectivity index (χ1) is 8.81. The van der Waals surface area contributed by atoms with Crippen molar-refractivity contribution in [2.45, 2.75) is 19.8 Å². The number of aryl methyl sites for hydroxylation is 2. The average Bonchev–Trinajstić information content (AvgIpc) is 2.80. The van der Waals surface area contributed by atoms with E-state index in [4.69, 9.17) is 5.73 Å². The Bertz CT molecular complexity index is 699. The normalized spacial score (nSPS) is 11.4. The van der Waals surface area contributed by atoms with E-state index in [1.165, 1.54) is 16.5 Å². The van der Waals surface area contributed by atoms with Gasteiger partial charge < -0.3 is 5.73 Å². The minimum atomic E-state index is 0.679. The Kier molecular flexibility index (Phi) is 2.72. The predicted octanol–water partition coefficient (Wildman–Crippen LogP) is 2.08. The topological polar surface area (TPSA) is 56.2 Å². The summed E-state index contributed by atoms with van der Waals surface area (Å²) in [6.07, 6.45) is 1.80. The first-order valence-electron chi connectivity index (χ1n) is 6.23. The number of nitrogens with zero attached hydrogens (tertiary/aromatic N) is 3.